The van der Waals surface area contributed by atoms with Crippen molar-refractivity contribution in [3.05, 3.63) is 65.5 Å². The molecule has 0 saturated carbocycles. The van der Waals surface area contributed by atoms with Crippen molar-refractivity contribution >= 4 is 23.2 Å². The molecule has 1 unspecified atom stereocenters. The first-order valence-electron chi connectivity index (χ1n) is 8.40. The maximum absolute atomic E-state index is 12.5. The van der Waals surface area contributed by atoms with Gasteiger partial charge in [0.25, 0.3) is 6.08 Å². The van der Waals surface area contributed by atoms with Gasteiger partial charge in [0.1, 0.15) is 5.69 Å². The molecule has 138 valence electrons. The summed E-state index contributed by atoms with van der Waals surface area (Å²) in [7, 11) is 0. The number of aromatic nitrogens is 3. The first-order chi connectivity index (χ1) is 13.0. The number of hydrogen-bond acceptors (Lipinski definition) is 3. The van der Waals surface area contributed by atoms with Crippen LogP contribution in [0.4, 0.5) is 8.78 Å². The smallest absolute Gasteiger partial charge is 0.266 e. The van der Waals surface area contributed by atoms with Crippen LogP contribution >= 0.6 is 11.6 Å². The Bertz CT molecular complexity index is 1030. The van der Waals surface area contributed by atoms with E-state index >= 15 is 0 Å². The first kappa shape index (κ1) is 17.6. The first-order valence-corrected chi connectivity index (χ1v) is 8.78. The van der Waals surface area contributed by atoms with Crippen molar-refractivity contribution in [1.29, 1.82) is 0 Å². The number of amides is 1. The highest BCUT2D eigenvalue weighted by Crippen LogP contribution is 2.30. The molecular formula is C19H15ClF2N4O. The SMILES string of the molecule is O=C1CC(C=C(F)F)CN1Cc1c(-c2ccccc2)nn2cc(Cl)cnc12. The van der Waals surface area contributed by atoms with Gasteiger partial charge in [0.2, 0.25) is 5.91 Å². The third-order valence-electron chi connectivity index (χ3n) is 4.54. The van der Waals surface area contributed by atoms with E-state index in [1.165, 1.54) is 6.20 Å². The van der Waals surface area contributed by atoms with Crippen molar-refractivity contribution in [2.24, 2.45) is 5.92 Å². The number of nitrogens with zero attached hydrogens (tertiary/aromatic N) is 4. The zero-order valence-electron chi connectivity index (χ0n) is 14.1. The Kier molecular flexibility index (Phi) is 4.61. The number of hydrogen-bond donors (Lipinski definition) is 0. The lowest BCUT2D eigenvalue weighted by atomic mass is 10.1. The molecule has 1 atom stereocenters. The lowest BCUT2D eigenvalue weighted by molar-refractivity contribution is -0.128. The molecule has 0 spiro atoms. The van der Waals surface area contributed by atoms with Crippen LogP contribution in [0.15, 0.2) is 54.9 Å². The number of likely N-dealkylation sites (tertiary alicyclic amines) is 1. The van der Waals surface area contributed by atoms with Gasteiger partial charge >= 0.3 is 0 Å². The standard InChI is InChI=1S/C19H15ClF2N4O/c20-14-8-23-19-15(11-25-9-12(6-16(21)22)7-17(25)27)18(24-26(19)10-14)13-4-2-1-3-5-13/h1-6,8,10,12H,7,9,11H2. The van der Waals surface area contributed by atoms with E-state index in [1.807, 2.05) is 30.3 Å². The van der Waals surface area contributed by atoms with Crippen molar-refractivity contribution < 1.29 is 13.6 Å². The van der Waals surface area contributed by atoms with Gasteiger partial charge in [0.15, 0.2) is 5.65 Å². The van der Waals surface area contributed by atoms with Crippen LogP contribution in [-0.4, -0.2) is 31.9 Å². The molecule has 1 amide bonds. The van der Waals surface area contributed by atoms with Crippen LogP contribution in [0.1, 0.15) is 12.0 Å². The van der Waals surface area contributed by atoms with Crippen molar-refractivity contribution in [2.45, 2.75) is 13.0 Å². The second-order valence-electron chi connectivity index (χ2n) is 6.43. The fourth-order valence-electron chi connectivity index (χ4n) is 3.37. The van der Waals surface area contributed by atoms with Gasteiger partial charge in [-0.25, -0.2) is 9.50 Å². The minimum atomic E-state index is -1.76. The number of fused-ring (bicyclic) bond motifs is 1. The molecule has 0 aliphatic carbocycles. The van der Waals surface area contributed by atoms with E-state index in [2.05, 4.69) is 10.1 Å². The summed E-state index contributed by atoms with van der Waals surface area (Å²) >= 11 is 6.02. The molecule has 0 radical (unpaired) electrons. The molecule has 27 heavy (non-hydrogen) atoms. The summed E-state index contributed by atoms with van der Waals surface area (Å²) in [6.07, 6.45) is 2.34. The van der Waals surface area contributed by atoms with E-state index in [0.29, 0.717) is 16.4 Å². The van der Waals surface area contributed by atoms with Crippen LogP contribution in [0.25, 0.3) is 16.9 Å². The van der Waals surface area contributed by atoms with Gasteiger partial charge in [0.05, 0.1) is 17.8 Å². The van der Waals surface area contributed by atoms with E-state index in [1.54, 1.807) is 15.6 Å². The van der Waals surface area contributed by atoms with Crippen molar-refractivity contribution in [3.8, 4) is 11.3 Å². The van der Waals surface area contributed by atoms with E-state index in [4.69, 9.17) is 11.6 Å². The summed E-state index contributed by atoms with van der Waals surface area (Å²) in [5.74, 6) is -0.642. The summed E-state index contributed by atoms with van der Waals surface area (Å²) in [5, 5.41) is 5.02. The number of rotatable bonds is 4. The zero-order valence-corrected chi connectivity index (χ0v) is 14.9. The number of carbonyl (C=O) groups excluding carboxylic acids is 1. The summed E-state index contributed by atoms with van der Waals surface area (Å²) in [6.45, 7) is 0.495. The summed E-state index contributed by atoms with van der Waals surface area (Å²) in [5.41, 5.74) is 2.92. The molecule has 3 aromatic rings. The Morgan fingerprint density at radius 3 is 2.81 bits per heavy atom. The highest BCUT2D eigenvalue weighted by Gasteiger charge is 2.30. The number of benzene rings is 1. The van der Waals surface area contributed by atoms with Crippen LogP contribution in [0.5, 0.6) is 0 Å². The highest BCUT2D eigenvalue weighted by molar-refractivity contribution is 6.30. The summed E-state index contributed by atoms with van der Waals surface area (Å²) < 4.78 is 26.7. The third kappa shape index (κ3) is 3.55. The minimum Gasteiger partial charge on any atom is -0.338 e. The molecule has 1 aromatic carbocycles. The average molecular weight is 389 g/mol. The lowest BCUT2D eigenvalue weighted by Crippen LogP contribution is -2.24. The molecule has 1 aliphatic heterocycles. The summed E-state index contributed by atoms with van der Waals surface area (Å²) in [6, 6.07) is 9.54. The molecule has 1 saturated heterocycles. The van der Waals surface area contributed by atoms with Crippen LogP contribution in [0.2, 0.25) is 5.02 Å². The molecular weight excluding hydrogens is 374 g/mol. The topological polar surface area (TPSA) is 50.5 Å². The van der Waals surface area contributed by atoms with Gasteiger partial charge in [-0.2, -0.15) is 13.9 Å². The van der Waals surface area contributed by atoms with Gasteiger partial charge in [-0.1, -0.05) is 41.9 Å². The average Bonchev–Trinajstić information content (AvgIpc) is 3.15. The molecule has 4 rings (SSSR count). The van der Waals surface area contributed by atoms with Gasteiger partial charge in [-0.05, 0) is 6.08 Å². The Morgan fingerprint density at radius 2 is 2.07 bits per heavy atom. The van der Waals surface area contributed by atoms with Crippen LogP contribution in [-0.2, 0) is 11.3 Å². The minimum absolute atomic E-state index is 0.0798. The molecule has 0 N–H and O–H groups in total. The Balaban J connectivity index is 1.74. The Morgan fingerprint density at radius 1 is 1.30 bits per heavy atom. The van der Waals surface area contributed by atoms with E-state index in [0.717, 1.165) is 17.2 Å². The van der Waals surface area contributed by atoms with Crippen LogP contribution < -0.4 is 0 Å². The molecule has 8 heteroatoms. The van der Waals surface area contributed by atoms with E-state index in [-0.39, 0.29) is 25.4 Å². The lowest BCUT2D eigenvalue weighted by Gasteiger charge is -2.16. The van der Waals surface area contributed by atoms with Gasteiger partial charge in [-0.15, -0.1) is 0 Å². The fourth-order valence-corrected chi connectivity index (χ4v) is 3.51. The van der Waals surface area contributed by atoms with Crippen molar-refractivity contribution in [2.75, 3.05) is 6.54 Å². The highest BCUT2D eigenvalue weighted by atomic mass is 35.5. The zero-order chi connectivity index (χ0) is 19.0. The monoisotopic (exact) mass is 388 g/mol. The fraction of sp³-hybridized carbons (Fsp3) is 0.211. The van der Waals surface area contributed by atoms with Crippen molar-refractivity contribution in [3.63, 3.8) is 0 Å². The summed E-state index contributed by atoms with van der Waals surface area (Å²) in [4.78, 5) is 18.2. The Labute approximate surface area is 158 Å². The maximum atomic E-state index is 12.5. The quantitative estimate of drug-likeness (QED) is 0.673. The van der Waals surface area contributed by atoms with Crippen LogP contribution in [0, 0.1) is 5.92 Å². The third-order valence-corrected chi connectivity index (χ3v) is 4.73. The predicted molar refractivity (Wildman–Crippen MR) is 97.3 cm³/mol. The maximum Gasteiger partial charge on any atom is 0.266 e. The van der Waals surface area contributed by atoms with Crippen LogP contribution in [0.3, 0.4) is 0 Å². The number of halogens is 3. The molecule has 5 nitrogen and oxygen atoms in total. The van der Waals surface area contributed by atoms with Gasteiger partial charge in [-0.3, -0.25) is 4.79 Å². The van der Waals surface area contributed by atoms with Gasteiger partial charge in [0, 0.05) is 36.2 Å². The molecule has 3 heterocycles. The molecule has 1 fully saturated rings. The molecule has 0 bridgehead atoms. The normalized spacial score (nSPS) is 16.9. The number of carbonyl (C=O) groups is 1. The molecule has 2 aromatic heterocycles. The van der Waals surface area contributed by atoms with Gasteiger partial charge < -0.3 is 4.90 Å². The largest absolute Gasteiger partial charge is 0.338 e. The van der Waals surface area contributed by atoms with E-state index < -0.39 is 12.0 Å². The molecule has 1 aliphatic rings. The Hall–Kier alpha value is -2.80. The van der Waals surface area contributed by atoms with Crippen molar-refractivity contribution in [1.82, 2.24) is 19.5 Å². The predicted octanol–water partition coefficient (Wildman–Crippen LogP) is 4.18. The second kappa shape index (κ2) is 7.08. The second-order valence-corrected chi connectivity index (χ2v) is 6.86. The van der Waals surface area contributed by atoms with E-state index in [9.17, 15) is 13.6 Å².